The van der Waals surface area contributed by atoms with E-state index in [1.54, 1.807) is 0 Å². The van der Waals surface area contributed by atoms with E-state index in [1.807, 2.05) is 0 Å². The predicted octanol–water partition coefficient (Wildman–Crippen LogP) is 1.94. The molecule has 0 bridgehead atoms. The van der Waals surface area contributed by atoms with E-state index in [0.29, 0.717) is 12.2 Å². The van der Waals surface area contributed by atoms with Gasteiger partial charge in [-0.15, -0.1) is 0 Å². The average molecular weight is 183 g/mol. The van der Waals surface area contributed by atoms with E-state index in [4.69, 9.17) is 4.74 Å². The predicted molar refractivity (Wildman–Crippen MR) is 53.8 cm³/mol. The number of ether oxygens (including phenoxy) is 1. The molecule has 0 spiro atoms. The molecule has 76 valence electrons. The van der Waals surface area contributed by atoms with Gasteiger partial charge in [-0.3, -0.25) is 0 Å². The molecule has 1 unspecified atom stereocenters. The molecule has 1 heterocycles. The van der Waals surface area contributed by atoms with Crippen LogP contribution in [0.5, 0.6) is 0 Å². The third-order valence-corrected chi connectivity index (χ3v) is 3.07. The minimum atomic E-state index is 0.467. The summed E-state index contributed by atoms with van der Waals surface area (Å²) in [7, 11) is 0. The fourth-order valence-corrected chi connectivity index (χ4v) is 2.33. The van der Waals surface area contributed by atoms with Gasteiger partial charge in [0.15, 0.2) is 0 Å². The fourth-order valence-electron chi connectivity index (χ4n) is 2.33. The van der Waals surface area contributed by atoms with Gasteiger partial charge in [-0.2, -0.15) is 0 Å². The summed E-state index contributed by atoms with van der Waals surface area (Å²) < 4.78 is 5.71. The first-order chi connectivity index (χ1) is 6.24. The molecule has 2 heteroatoms. The summed E-state index contributed by atoms with van der Waals surface area (Å²) in [6.45, 7) is 5.60. The van der Waals surface area contributed by atoms with E-state index < -0.39 is 0 Å². The number of nitrogens with one attached hydrogen (secondary N) is 1. The highest BCUT2D eigenvalue weighted by atomic mass is 16.5. The Morgan fingerprint density at radius 3 is 2.31 bits per heavy atom. The summed E-state index contributed by atoms with van der Waals surface area (Å²) in [4.78, 5) is 0. The molecule has 1 saturated carbocycles. The highest BCUT2D eigenvalue weighted by Gasteiger charge is 2.26. The fraction of sp³-hybridized carbons (Fsp3) is 1.00. The molecule has 1 saturated heterocycles. The van der Waals surface area contributed by atoms with Crippen LogP contribution in [-0.2, 0) is 4.74 Å². The molecular weight excluding hydrogens is 162 g/mol. The van der Waals surface area contributed by atoms with Gasteiger partial charge in [-0.05, 0) is 52.0 Å². The monoisotopic (exact) mass is 183 g/mol. The molecule has 0 aromatic rings. The SMILES string of the molecule is C[C@@H]1CC(CNC2CC2)C[C@H](C)O1. The van der Waals surface area contributed by atoms with Crippen molar-refractivity contribution in [1.82, 2.24) is 5.32 Å². The van der Waals surface area contributed by atoms with Gasteiger partial charge in [0.25, 0.3) is 0 Å². The van der Waals surface area contributed by atoms with E-state index in [-0.39, 0.29) is 0 Å². The van der Waals surface area contributed by atoms with Crippen LogP contribution < -0.4 is 5.32 Å². The van der Waals surface area contributed by atoms with Crippen LogP contribution in [0.15, 0.2) is 0 Å². The van der Waals surface area contributed by atoms with Crippen LogP contribution in [0.25, 0.3) is 0 Å². The largest absolute Gasteiger partial charge is 0.376 e. The summed E-state index contributed by atoms with van der Waals surface area (Å²) >= 11 is 0. The number of hydrogen-bond donors (Lipinski definition) is 1. The topological polar surface area (TPSA) is 21.3 Å². The summed E-state index contributed by atoms with van der Waals surface area (Å²) in [5, 5.41) is 3.61. The van der Waals surface area contributed by atoms with Crippen LogP contribution in [0.2, 0.25) is 0 Å². The van der Waals surface area contributed by atoms with Crippen molar-refractivity contribution in [3.8, 4) is 0 Å². The Kier molecular flexibility index (Phi) is 2.89. The van der Waals surface area contributed by atoms with Gasteiger partial charge in [0.05, 0.1) is 12.2 Å². The van der Waals surface area contributed by atoms with Crippen LogP contribution in [0.1, 0.15) is 39.5 Å². The Morgan fingerprint density at radius 1 is 1.15 bits per heavy atom. The second-order valence-corrected chi connectivity index (χ2v) is 4.78. The van der Waals surface area contributed by atoms with Gasteiger partial charge in [-0.1, -0.05) is 0 Å². The molecule has 2 nitrogen and oxygen atoms in total. The van der Waals surface area contributed by atoms with E-state index >= 15 is 0 Å². The lowest BCUT2D eigenvalue weighted by atomic mass is 9.92. The van der Waals surface area contributed by atoms with Crippen LogP contribution in [-0.4, -0.2) is 24.8 Å². The molecule has 1 aliphatic carbocycles. The maximum Gasteiger partial charge on any atom is 0.0553 e. The van der Waals surface area contributed by atoms with Crippen LogP contribution in [0, 0.1) is 5.92 Å². The van der Waals surface area contributed by atoms with Gasteiger partial charge >= 0.3 is 0 Å². The lowest BCUT2D eigenvalue weighted by Crippen LogP contribution is -2.35. The molecule has 3 atom stereocenters. The first kappa shape index (κ1) is 9.47. The van der Waals surface area contributed by atoms with Gasteiger partial charge in [0, 0.05) is 6.04 Å². The molecule has 0 aromatic heterocycles. The molecule has 2 fully saturated rings. The zero-order valence-electron chi connectivity index (χ0n) is 8.75. The molecule has 0 aromatic carbocycles. The maximum atomic E-state index is 5.71. The van der Waals surface area contributed by atoms with Crippen LogP contribution >= 0.6 is 0 Å². The van der Waals surface area contributed by atoms with Gasteiger partial charge < -0.3 is 10.1 Å². The molecule has 13 heavy (non-hydrogen) atoms. The average Bonchev–Trinajstić information content (AvgIpc) is 2.81. The molecule has 2 aliphatic rings. The summed E-state index contributed by atoms with van der Waals surface area (Å²) in [6, 6.07) is 0.855. The van der Waals surface area contributed by atoms with Gasteiger partial charge in [-0.25, -0.2) is 0 Å². The third-order valence-electron chi connectivity index (χ3n) is 3.07. The summed E-state index contributed by atoms with van der Waals surface area (Å²) in [5.41, 5.74) is 0. The van der Waals surface area contributed by atoms with E-state index in [2.05, 4.69) is 19.2 Å². The van der Waals surface area contributed by atoms with E-state index in [9.17, 15) is 0 Å². The van der Waals surface area contributed by atoms with Crippen molar-refractivity contribution < 1.29 is 4.74 Å². The number of rotatable bonds is 3. The second-order valence-electron chi connectivity index (χ2n) is 4.78. The van der Waals surface area contributed by atoms with Crippen molar-refractivity contribution in [3.05, 3.63) is 0 Å². The van der Waals surface area contributed by atoms with Crippen molar-refractivity contribution in [3.63, 3.8) is 0 Å². The Balaban J connectivity index is 1.70. The Labute approximate surface area is 81.0 Å². The minimum absolute atomic E-state index is 0.467. The number of hydrogen-bond acceptors (Lipinski definition) is 2. The van der Waals surface area contributed by atoms with Gasteiger partial charge in [0.2, 0.25) is 0 Å². The van der Waals surface area contributed by atoms with Crippen molar-refractivity contribution in [2.24, 2.45) is 5.92 Å². The first-order valence-electron chi connectivity index (χ1n) is 5.63. The van der Waals surface area contributed by atoms with E-state index in [1.165, 1.54) is 32.2 Å². The molecule has 0 radical (unpaired) electrons. The van der Waals surface area contributed by atoms with E-state index in [0.717, 1.165) is 12.0 Å². The quantitative estimate of drug-likeness (QED) is 0.722. The first-order valence-corrected chi connectivity index (χ1v) is 5.63. The normalized spacial score (nSPS) is 40.6. The smallest absolute Gasteiger partial charge is 0.0553 e. The van der Waals surface area contributed by atoms with Crippen molar-refractivity contribution in [2.45, 2.75) is 57.8 Å². The third kappa shape index (κ3) is 2.96. The van der Waals surface area contributed by atoms with Crippen molar-refractivity contribution >= 4 is 0 Å². The Hall–Kier alpha value is -0.0800. The summed E-state index contributed by atoms with van der Waals surface area (Å²) in [6.07, 6.45) is 6.21. The Morgan fingerprint density at radius 2 is 1.77 bits per heavy atom. The maximum absolute atomic E-state index is 5.71. The van der Waals surface area contributed by atoms with Gasteiger partial charge in [0.1, 0.15) is 0 Å². The van der Waals surface area contributed by atoms with Crippen LogP contribution in [0.4, 0.5) is 0 Å². The lowest BCUT2D eigenvalue weighted by molar-refractivity contribution is -0.0516. The van der Waals surface area contributed by atoms with Crippen molar-refractivity contribution in [2.75, 3.05) is 6.54 Å². The highest BCUT2D eigenvalue weighted by molar-refractivity contribution is 4.83. The zero-order valence-corrected chi connectivity index (χ0v) is 8.75. The summed E-state index contributed by atoms with van der Waals surface area (Å²) in [5.74, 6) is 0.847. The molecule has 2 rings (SSSR count). The molecule has 1 N–H and O–H groups in total. The van der Waals surface area contributed by atoms with Crippen molar-refractivity contribution in [1.29, 1.82) is 0 Å². The zero-order chi connectivity index (χ0) is 9.26. The van der Waals surface area contributed by atoms with Crippen LogP contribution in [0.3, 0.4) is 0 Å². The highest BCUT2D eigenvalue weighted by Crippen LogP contribution is 2.25. The Bertz CT molecular complexity index is 157. The molecule has 0 amide bonds. The molecule has 1 aliphatic heterocycles. The molecular formula is C11H21NO. The minimum Gasteiger partial charge on any atom is -0.376 e. The standard InChI is InChI=1S/C11H21NO/c1-8-5-10(6-9(2)13-8)7-12-11-3-4-11/h8-12H,3-7H2,1-2H3/t8-,9+,10?. The lowest BCUT2D eigenvalue weighted by Gasteiger charge is -2.32. The second kappa shape index (κ2) is 3.97.